The number of ether oxygens (including phenoxy) is 2. The molecule has 0 saturated heterocycles. The first-order valence-electron chi connectivity index (χ1n) is 4.01. The highest BCUT2D eigenvalue weighted by atomic mass is 16.6. The van der Waals surface area contributed by atoms with Crippen molar-refractivity contribution in [3.8, 4) is 11.5 Å². The van der Waals surface area contributed by atoms with Crippen molar-refractivity contribution < 1.29 is 9.47 Å². The maximum Gasteiger partial charge on any atom is 0.190 e. The van der Waals surface area contributed by atoms with Gasteiger partial charge in [-0.1, -0.05) is 0 Å². The first kappa shape index (κ1) is 7.97. The van der Waals surface area contributed by atoms with E-state index in [1.165, 1.54) is 0 Å². The predicted molar refractivity (Wildman–Crippen MR) is 48.8 cm³/mol. The number of nitrogens with two attached hydrogens (primary N) is 2. The molecular weight excluding hydrogens is 170 g/mol. The van der Waals surface area contributed by atoms with Crippen molar-refractivity contribution in [3.05, 3.63) is 5.69 Å². The monoisotopic (exact) mass is 181 g/mol. The van der Waals surface area contributed by atoms with Crippen LogP contribution in [-0.4, -0.2) is 18.2 Å². The van der Waals surface area contributed by atoms with Gasteiger partial charge in [0.25, 0.3) is 0 Å². The highest BCUT2D eigenvalue weighted by Gasteiger charge is 2.20. The van der Waals surface area contributed by atoms with Crippen LogP contribution in [0.4, 0.5) is 11.5 Å². The lowest BCUT2D eigenvalue weighted by atomic mass is 10.2. The minimum atomic E-state index is 0.293. The molecule has 0 spiro atoms. The van der Waals surface area contributed by atoms with E-state index in [4.69, 9.17) is 20.9 Å². The van der Waals surface area contributed by atoms with Crippen molar-refractivity contribution in [2.45, 2.75) is 6.92 Å². The second-order valence-corrected chi connectivity index (χ2v) is 2.85. The highest BCUT2D eigenvalue weighted by Crippen LogP contribution is 2.40. The lowest BCUT2D eigenvalue weighted by molar-refractivity contribution is 0.171. The zero-order chi connectivity index (χ0) is 9.42. The van der Waals surface area contributed by atoms with Gasteiger partial charge in [0.2, 0.25) is 0 Å². The summed E-state index contributed by atoms with van der Waals surface area (Å²) in [4.78, 5) is 4.03. The summed E-state index contributed by atoms with van der Waals surface area (Å²) in [6, 6.07) is 0. The minimum absolute atomic E-state index is 0.293. The molecule has 5 nitrogen and oxygen atoms in total. The average molecular weight is 181 g/mol. The normalized spacial score (nSPS) is 14.2. The summed E-state index contributed by atoms with van der Waals surface area (Å²) in [6.07, 6.45) is 0. The molecule has 2 rings (SSSR count). The molecule has 0 amide bonds. The second kappa shape index (κ2) is 2.69. The Morgan fingerprint density at radius 3 is 2.46 bits per heavy atom. The molecule has 0 aromatic carbocycles. The predicted octanol–water partition coefficient (Wildman–Crippen LogP) is 0.326. The van der Waals surface area contributed by atoms with Crippen LogP contribution in [0.5, 0.6) is 11.5 Å². The molecule has 0 radical (unpaired) electrons. The maximum absolute atomic E-state index is 5.68. The van der Waals surface area contributed by atoms with E-state index in [1.54, 1.807) is 0 Å². The number of aromatic nitrogens is 1. The fourth-order valence-electron chi connectivity index (χ4n) is 1.30. The molecule has 1 aromatic heterocycles. The van der Waals surface area contributed by atoms with Gasteiger partial charge >= 0.3 is 0 Å². The van der Waals surface area contributed by atoms with Gasteiger partial charge < -0.3 is 20.9 Å². The van der Waals surface area contributed by atoms with E-state index in [1.807, 2.05) is 6.92 Å². The summed E-state index contributed by atoms with van der Waals surface area (Å²) < 4.78 is 10.7. The smallest absolute Gasteiger partial charge is 0.190 e. The van der Waals surface area contributed by atoms with Crippen molar-refractivity contribution in [2.75, 3.05) is 24.7 Å². The Balaban J connectivity index is 2.63. The van der Waals surface area contributed by atoms with E-state index in [-0.39, 0.29) is 0 Å². The lowest BCUT2D eigenvalue weighted by Gasteiger charge is -2.21. The number of rotatable bonds is 0. The summed E-state index contributed by atoms with van der Waals surface area (Å²) in [5.41, 5.74) is 12.3. The number of nitrogen functional groups attached to an aromatic ring is 2. The van der Waals surface area contributed by atoms with E-state index >= 15 is 0 Å². The van der Waals surface area contributed by atoms with Crippen LogP contribution in [0.3, 0.4) is 0 Å². The van der Waals surface area contributed by atoms with Gasteiger partial charge in [-0.05, 0) is 6.92 Å². The standard InChI is InChI=1S/C8H11N3O2/c1-4-6-7(13-3-2-12-6)5(9)8(10)11-4/h2-3,9H2,1H3,(H2,10,11). The van der Waals surface area contributed by atoms with Crippen LogP contribution < -0.4 is 20.9 Å². The minimum Gasteiger partial charge on any atom is -0.484 e. The lowest BCUT2D eigenvalue weighted by Crippen LogP contribution is -2.18. The number of nitrogens with zero attached hydrogens (tertiary/aromatic N) is 1. The van der Waals surface area contributed by atoms with Crippen LogP contribution in [0.25, 0.3) is 0 Å². The van der Waals surface area contributed by atoms with Gasteiger partial charge in [0, 0.05) is 0 Å². The van der Waals surface area contributed by atoms with E-state index in [2.05, 4.69) is 4.98 Å². The number of anilines is 2. The summed E-state index contributed by atoms with van der Waals surface area (Å²) in [5.74, 6) is 1.43. The molecule has 0 aliphatic carbocycles. The molecule has 0 saturated carbocycles. The van der Waals surface area contributed by atoms with Crippen molar-refractivity contribution in [1.29, 1.82) is 0 Å². The van der Waals surface area contributed by atoms with Gasteiger partial charge in [-0.3, -0.25) is 0 Å². The molecule has 1 aliphatic rings. The van der Waals surface area contributed by atoms with Crippen molar-refractivity contribution >= 4 is 11.5 Å². The van der Waals surface area contributed by atoms with Gasteiger partial charge in [-0.15, -0.1) is 0 Å². The molecule has 0 unspecified atom stereocenters. The largest absolute Gasteiger partial charge is 0.484 e. The third kappa shape index (κ3) is 1.12. The molecule has 4 N–H and O–H groups in total. The van der Waals surface area contributed by atoms with Crippen molar-refractivity contribution in [1.82, 2.24) is 4.98 Å². The third-order valence-electron chi connectivity index (χ3n) is 1.92. The van der Waals surface area contributed by atoms with E-state index in [0.29, 0.717) is 41.9 Å². The second-order valence-electron chi connectivity index (χ2n) is 2.85. The number of pyridine rings is 1. The number of fused-ring (bicyclic) bond motifs is 1. The zero-order valence-corrected chi connectivity index (χ0v) is 7.33. The fourth-order valence-corrected chi connectivity index (χ4v) is 1.30. The maximum atomic E-state index is 5.68. The SMILES string of the molecule is Cc1nc(N)c(N)c2c1OCCO2. The first-order chi connectivity index (χ1) is 6.20. The Kier molecular flexibility index (Phi) is 1.65. The van der Waals surface area contributed by atoms with Crippen LogP contribution in [0, 0.1) is 6.92 Å². The van der Waals surface area contributed by atoms with Crippen LogP contribution in [0.1, 0.15) is 5.69 Å². The number of aryl methyl sites for hydroxylation is 1. The molecule has 70 valence electrons. The topological polar surface area (TPSA) is 83.4 Å². The van der Waals surface area contributed by atoms with Crippen molar-refractivity contribution in [2.24, 2.45) is 0 Å². The number of hydrogen-bond acceptors (Lipinski definition) is 5. The van der Waals surface area contributed by atoms with Gasteiger partial charge in [-0.2, -0.15) is 0 Å². The van der Waals surface area contributed by atoms with Gasteiger partial charge in [0.15, 0.2) is 17.3 Å². The van der Waals surface area contributed by atoms with E-state index in [9.17, 15) is 0 Å². The molecule has 0 atom stereocenters. The Morgan fingerprint density at radius 2 is 1.77 bits per heavy atom. The molecule has 1 aromatic rings. The van der Waals surface area contributed by atoms with E-state index in [0.717, 1.165) is 0 Å². The molecule has 5 heteroatoms. The van der Waals surface area contributed by atoms with Crippen LogP contribution in [0.2, 0.25) is 0 Å². The van der Waals surface area contributed by atoms with Gasteiger partial charge in [-0.25, -0.2) is 4.98 Å². The van der Waals surface area contributed by atoms with Gasteiger partial charge in [0.05, 0.1) is 5.69 Å². The number of hydrogen-bond donors (Lipinski definition) is 2. The Bertz CT molecular complexity index is 352. The molecule has 1 aliphatic heterocycles. The zero-order valence-electron chi connectivity index (χ0n) is 7.33. The fraction of sp³-hybridized carbons (Fsp3) is 0.375. The summed E-state index contributed by atoms with van der Waals surface area (Å²) in [5, 5.41) is 0. The third-order valence-corrected chi connectivity index (χ3v) is 1.92. The molecule has 0 fully saturated rings. The molecular formula is C8H11N3O2. The molecule has 0 bridgehead atoms. The first-order valence-corrected chi connectivity index (χ1v) is 4.01. The Hall–Kier alpha value is -1.65. The Morgan fingerprint density at radius 1 is 1.15 bits per heavy atom. The van der Waals surface area contributed by atoms with Gasteiger partial charge in [0.1, 0.15) is 18.9 Å². The van der Waals surface area contributed by atoms with E-state index < -0.39 is 0 Å². The molecule has 2 heterocycles. The summed E-state index contributed by atoms with van der Waals surface area (Å²) in [7, 11) is 0. The average Bonchev–Trinajstić information content (AvgIpc) is 2.15. The van der Waals surface area contributed by atoms with Crippen molar-refractivity contribution in [3.63, 3.8) is 0 Å². The Labute approximate surface area is 75.6 Å². The van der Waals surface area contributed by atoms with Crippen LogP contribution in [-0.2, 0) is 0 Å². The summed E-state index contributed by atoms with van der Waals surface area (Å²) >= 11 is 0. The highest BCUT2D eigenvalue weighted by molar-refractivity contribution is 5.72. The quantitative estimate of drug-likeness (QED) is 0.602. The van der Waals surface area contributed by atoms with Crippen LogP contribution in [0.15, 0.2) is 0 Å². The van der Waals surface area contributed by atoms with Crippen LogP contribution >= 0.6 is 0 Å². The summed E-state index contributed by atoms with van der Waals surface area (Å²) in [6.45, 7) is 2.84. The molecule has 13 heavy (non-hydrogen) atoms.